The molecule has 0 aromatic carbocycles. The standard InChI is InChI=1S/C15H29N3O/c1-3-9-17-15(14(16)19,12-5-6-12)11-18(10-4-2)13-7-8-13/h12-13,17H,3-11H2,1-2H3,(H2,16,19). The monoisotopic (exact) mass is 267 g/mol. The lowest BCUT2D eigenvalue weighted by atomic mass is 9.90. The summed E-state index contributed by atoms with van der Waals surface area (Å²) >= 11 is 0. The van der Waals surface area contributed by atoms with Crippen LogP contribution in [0.15, 0.2) is 0 Å². The number of hydrogen-bond acceptors (Lipinski definition) is 3. The van der Waals surface area contributed by atoms with Crippen LogP contribution in [-0.4, -0.2) is 42.0 Å². The van der Waals surface area contributed by atoms with E-state index in [0.717, 1.165) is 45.3 Å². The molecule has 0 aliphatic heterocycles. The molecule has 2 rings (SSSR count). The normalized spacial score (nSPS) is 22.5. The van der Waals surface area contributed by atoms with Gasteiger partial charge in [-0.05, 0) is 57.5 Å². The first-order chi connectivity index (χ1) is 9.14. The molecule has 1 unspecified atom stereocenters. The molecule has 0 aromatic heterocycles. The summed E-state index contributed by atoms with van der Waals surface area (Å²) in [6, 6.07) is 0.695. The average molecular weight is 267 g/mol. The summed E-state index contributed by atoms with van der Waals surface area (Å²) in [5.74, 6) is 0.305. The van der Waals surface area contributed by atoms with E-state index in [4.69, 9.17) is 5.73 Å². The van der Waals surface area contributed by atoms with Gasteiger partial charge in [-0.2, -0.15) is 0 Å². The van der Waals surface area contributed by atoms with Crippen molar-refractivity contribution in [3.05, 3.63) is 0 Å². The molecule has 1 atom stereocenters. The first-order valence-corrected chi connectivity index (χ1v) is 7.93. The van der Waals surface area contributed by atoms with Crippen LogP contribution >= 0.6 is 0 Å². The molecule has 19 heavy (non-hydrogen) atoms. The van der Waals surface area contributed by atoms with Gasteiger partial charge in [0.15, 0.2) is 0 Å². The highest BCUT2D eigenvalue weighted by atomic mass is 16.1. The van der Waals surface area contributed by atoms with Crippen LogP contribution in [0.1, 0.15) is 52.4 Å². The highest BCUT2D eigenvalue weighted by Crippen LogP contribution is 2.41. The number of carbonyl (C=O) groups excluding carboxylic acids is 1. The molecule has 2 aliphatic carbocycles. The number of amides is 1. The Balaban J connectivity index is 2.08. The fourth-order valence-corrected chi connectivity index (χ4v) is 3.06. The van der Waals surface area contributed by atoms with Gasteiger partial charge in [0.2, 0.25) is 5.91 Å². The minimum atomic E-state index is -0.478. The molecule has 4 nitrogen and oxygen atoms in total. The molecule has 110 valence electrons. The Kier molecular flexibility index (Phi) is 4.85. The quantitative estimate of drug-likeness (QED) is 0.630. The summed E-state index contributed by atoms with van der Waals surface area (Å²) < 4.78 is 0. The molecule has 0 bridgehead atoms. The van der Waals surface area contributed by atoms with Crippen LogP contribution in [0.2, 0.25) is 0 Å². The highest BCUT2D eigenvalue weighted by Gasteiger charge is 2.51. The molecule has 2 fully saturated rings. The van der Waals surface area contributed by atoms with Crippen molar-refractivity contribution in [1.82, 2.24) is 10.2 Å². The van der Waals surface area contributed by atoms with Crippen molar-refractivity contribution >= 4 is 5.91 Å². The maximum atomic E-state index is 12.1. The number of nitrogens with zero attached hydrogens (tertiary/aromatic N) is 1. The summed E-state index contributed by atoms with van der Waals surface area (Å²) in [5, 5.41) is 3.50. The summed E-state index contributed by atoms with van der Waals surface area (Å²) in [4.78, 5) is 14.6. The van der Waals surface area contributed by atoms with Gasteiger partial charge in [-0.1, -0.05) is 13.8 Å². The lowest BCUT2D eigenvalue weighted by Crippen LogP contribution is -2.63. The van der Waals surface area contributed by atoms with Crippen LogP contribution < -0.4 is 11.1 Å². The molecule has 3 N–H and O–H groups in total. The summed E-state index contributed by atoms with van der Waals surface area (Å²) in [7, 11) is 0. The Morgan fingerprint density at radius 3 is 2.37 bits per heavy atom. The van der Waals surface area contributed by atoms with Crippen LogP contribution in [0.5, 0.6) is 0 Å². The van der Waals surface area contributed by atoms with Crippen LogP contribution in [0.25, 0.3) is 0 Å². The van der Waals surface area contributed by atoms with Gasteiger partial charge in [-0.15, -0.1) is 0 Å². The second kappa shape index (κ2) is 6.23. The third-order valence-electron chi connectivity index (χ3n) is 4.43. The third-order valence-corrected chi connectivity index (χ3v) is 4.43. The fourth-order valence-electron chi connectivity index (χ4n) is 3.06. The summed E-state index contributed by atoms with van der Waals surface area (Å²) in [6.07, 6.45) is 7.04. The largest absolute Gasteiger partial charge is 0.368 e. The van der Waals surface area contributed by atoms with E-state index in [-0.39, 0.29) is 5.91 Å². The van der Waals surface area contributed by atoms with Crippen molar-refractivity contribution in [2.45, 2.75) is 64.0 Å². The number of nitrogens with one attached hydrogen (secondary N) is 1. The molecule has 0 radical (unpaired) electrons. The molecule has 0 heterocycles. The Bertz CT molecular complexity index is 313. The van der Waals surface area contributed by atoms with Gasteiger partial charge >= 0.3 is 0 Å². The molecular weight excluding hydrogens is 238 g/mol. The van der Waals surface area contributed by atoms with E-state index in [0.29, 0.717) is 12.0 Å². The minimum Gasteiger partial charge on any atom is -0.368 e. The zero-order valence-electron chi connectivity index (χ0n) is 12.5. The first-order valence-electron chi connectivity index (χ1n) is 7.93. The number of primary amides is 1. The van der Waals surface area contributed by atoms with E-state index >= 15 is 0 Å². The lowest BCUT2D eigenvalue weighted by molar-refractivity contribution is -0.126. The first kappa shape index (κ1) is 14.8. The van der Waals surface area contributed by atoms with Gasteiger partial charge in [0.05, 0.1) is 0 Å². The van der Waals surface area contributed by atoms with Gasteiger partial charge in [0, 0.05) is 12.6 Å². The SMILES string of the molecule is CCCNC(CN(CCC)C1CC1)(C(N)=O)C1CC1. The van der Waals surface area contributed by atoms with Crippen LogP contribution in [0.3, 0.4) is 0 Å². The second-order valence-electron chi connectivity index (χ2n) is 6.24. The predicted octanol–water partition coefficient (Wildman–Crippen LogP) is 1.49. The maximum absolute atomic E-state index is 12.1. The number of hydrogen-bond donors (Lipinski definition) is 2. The Labute approximate surface area is 117 Å². The number of nitrogens with two attached hydrogens (primary N) is 1. The van der Waals surface area contributed by atoms with Crippen LogP contribution in [-0.2, 0) is 4.79 Å². The van der Waals surface area contributed by atoms with E-state index in [9.17, 15) is 4.79 Å². The summed E-state index contributed by atoms with van der Waals surface area (Å²) in [5.41, 5.74) is 5.31. The van der Waals surface area contributed by atoms with Gasteiger partial charge in [-0.25, -0.2) is 0 Å². The molecule has 0 spiro atoms. The molecule has 0 saturated heterocycles. The molecule has 0 aromatic rings. The highest BCUT2D eigenvalue weighted by molar-refractivity contribution is 5.86. The Morgan fingerprint density at radius 1 is 1.26 bits per heavy atom. The van der Waals surface area contributed by atoms with Crippen LogP contribution in [0.4, 0.5) is 0 Å². The maximum Gasteiger partial charge on any atom is 0.239 e. The van der Waals surface area contributed by atoms with Gasteiger partial charge in [0.25, 0.3) is 0 Å². The van der Waals surface area contributed by atoms with Crippen molar-refractivity contribution in [3.63, 3.8) is 0 Å². The molecule has 2 saturated carbocycles. The van der Waals surface area contributed by atoms with Gasteiger partial charge in [0.1, 0.15) is 5.54 Å². The Morgan fingerprint density at radius 2 is 1.95 bits per heavy atom. The van der Waals surface area contributed by atoms with Crippen molar-refractivity contribution in [2.24, 2.45) is 11.7 Å². The van der Waals surface area contributed by atoms with Gasteiger partial charge < -0.3 is 11.1 Å². The van der Waals surface area contributed by atoms with Crippen molar-refractivity contribution in [2.75, 3.05) is 19.6 Å². The molecular formula is C15H29N3O. The van der Waals surface area contributed by atoms with Crippen molar-refractivity contribution in [1.29, 1.82) is 0 Å². The summed E-state index contributed by atoms with van der Waals surface area (Å²) in [6.45, 7) is 7.12. The third kappa shape index (κ3) is 3.48. The topological polar surface area (TPSA) is 58.4 Å². The zero-order chi connectivity index (χ0) is 13.9. The smallest absolute Gasteiger partial charge is 0.239 e. The van der Waals surface area contributed by atoms with Crippen molar-refractivity contribution in [3.8, 4) is 0 Å². The predicted molar refractivity (Wildman–Crippen MR) is 77.8 cm³/mol. The van der Waals surface area contributed by atoms with Crippen molar-refractivity contribution < 1.29 is 4.79 Å². The second-order valence-corrected chi connectivity index (χ2v) is 6.24. The number of carbonyl (C=O) groups is 1. The Hall–Kier alpha value is -0.610. The van der Waals surface area contributed by atoms with Gasteiger partial charge in [-0.3, -0.25) is 9.69 Å². The molecule has 2 aliphatic rings. The van der Waals surface area contributed by atoms with Crippen LogP contribution in [0, 0.1) is 5.92 Å². The van der Waals surface area contributed by atoms with E-state index in [1.807, 2.05) is 0 Å². The zero-order valence-corrected chi connectivity index (χ0v) is 12.5. The average Bonchev–Trinajstić information content (AvgIpc) is 3.25. The fraction of sp³-hybridized carbons (Fsp3) is 0.933. The lowest BCUT2D eigenvalue weighted by Gasteiger charge is -2.37. The van der Waals surface area contributed by atoms with E-state index in [1.54, 1.807) is 0 Å². The number of rotatable bonds is 10. The van der Waals surface area contributed by atoms with E-state index in [2.05, 4.69) is 24.1 Å². The minimum absolute atomic E-state index is 0.148. The molecule has 1 amide bonds. The van der Waals surface area contributed by atoms with E-state index < -0.39 is 5.54 Å². The molecule has 4 heteroatoms. The van der Waals surface area contributed by atoms with E-state index in [1.165, 1.54) is 12.8 Å².